The Morgan fingerprint density at radius 1 is 0.818 bits per heavy atom. The number of rotatable bonds is 9. The number of hydrogen-bond donors (Lipinski definition) is 0. The van der Waals surface area contributed by atoms with Gasteiger partial charge in [0.05, 0.1) is 26.4 Å². The van der Waals surface area contributed by atoms with Gasteiger partial charge in [0.1, 0.15) is 0 Å². The highest BCUT2D eigenvalue weighted by atomic mass is 16.6. The fourth-order valence-corrected chi connectivity index (χ4v) is 6.47. The van der Waals surface area contributed by atoms with Crippen LogP contribution < -0.4 is 5.46 Å². The van der Waals surface area contributed by atoms with E-state index in [1.165, 1.54) is 67.1 Å². The minimum Gasteiger partial charge on any atom is -0.405 e. The first-order valence-electron chi connectivity index (χ1n) is 13.1. The third kappa shape index (κ3) is 4.18. The first-order chi connectivity index (χ1) is 16.1. The van der Waals surface area contributed by atoms with Crippen LogP contribution in [0.1, 0.15) is 83.3 Å². The molecule has 33 heavy (non-hydrogen) atoms. The second-order valence-corrected chi connectivity index (χ2v) is 10.6. The molecule has 2 heterocycles. The van der Waals surface area contributed by atoms with Crippen molar-refractivity contribution in [2.24, 2.45) is 5.41 Å². The largest absolute Gasteiger partial charge is 0.494 e. The van der Waals surface area contributed by atoms with Gasteiger partial charge in [-0.15, -0.1) is 0 Å². The first-order valence-corrected chi connectivity index (χ1v) is 13.1. The number of unbranched alkanes of at least 4 members (excludes halogenated alkanes) is 5. The van der Waals surface area contributed by atoms with Crippen LogP contribution in [0.25, 0.3) is 5.57 Å². The van der Waals surface area contributed by atoms with E-state index in [-0.39, 0.29) is 25.1 Å². The Labute approximate surface area is 200 Å². The average Bonchev–Trinajstić information content (AvgIpc) is 3.58. The standard InChI is InChI=1S/C27H38B2O4/c1-4-5-6-7-8-9-14-26(2)25-19-21(28-30-15-16-31-28)10-12-23(25)24-13-11-22(20-27(24,26)3)29-32-17-18-33-29/h10-13,19H,4-9,14-18,20H2,1-3H3. The van der Waals surface area contributed by atoms with Gasteiger partial charge >= 0.3 is 14.2 Å². The summed E-state index contributed by atoms with van der Waals surface area (Å²) in [6.45, 7) is 9.98. The van der Waals surface area contributed by atoms with Gasteiger partial charge in [-0.2, -0.15) is 0 Å². The molecule has 0 spiro atoms. The molecule has 1 aromatic rings. The van der Waals surface area contributed by atoms with Gasteiger partial charge in [-0.25, -0.2) is 0 Å². The smallest absolute Gasteiger partial charge is 0.405 e. The van der Waals surface area contributed by atoms with Crippen molar-refractivity contribution in [2.45, 2.75) is 77.6 Å². The van der Waals surface area contributed by atoms with Crippen LogP contribution >= 0.6 is 0 Å². The van der Waals surface area contributed by atoms with E-state index in [0.717, 1.165) is 11.9 Å². The van der Waals surface area contributed by atoms with Crippen LogP contribution in [0.4, 0.5) is 0 Å². The predicted molar refractivity (Wildman–Crippen MR) is 136 cm³/mol. The van der Waals surface area contributed by atoms with Gasteiger partial charge in [-0.1, -0.05) is 89.6 Å². The fraction of sp³-hybridized carbons (Fsp3) is 0.630. The molecule has 5 rings (SSSR count). The molecule has 2 atom stereocenters. The van der Waals surface area contributed by atoms with Crippen LogP contribution in [0.3, 0.4) is 0 Å². The fourth-order valence-electron chi connectivity index (χ4n) is 6.47. The third-order valence-electron chi connectivity index (χ3n) is 8.61. The molecule has 2 unspecified atom stereocenters. The van der Waals surface area contributed by atoms with Crippen LogP contribution in [0, 0.1) is 5.41 Å². The normalized spacial score (nSPS) is 28.7. The summed E-state index contributed by atoms with van der Waals surface area (Å²) in [4.78, 5) is 0. The lowest BCUT2D eigenvalue weighted by Crippen LogP contribution is -2.41. The maximum atomic E-state index is 5.90. The average molecular weight is 448 g/mol. The van der Waals surface area contributed by atoms with Crippen LogP contribution in [0.2, 0.25) is 0 Å². The summed E-state index contributed by atoms with van der Waals surface area (Å²) in [5.74, 6) is 0. The van der Waals surface area contributed by atoms with Gasteiger partial charge in [0.2, 0.25) is 0 Å². The van der Waals surface area contributed by atoms with E-state index in [1.807, 2.05) is 0 Å². The molecule has 0 bridgehead atoms. The van der Waals surface area contributed by atoms with Crippen molar-refractivity contribution in [3.8, 4) is 0 Å². The molecule has 176 valence electrons. The molecule has 1 aromatic carbocycles. The van der Waals surface area contributed by atoms with E-state index in [1.54, 1.807) is 0 Å². The third-order valence-corrected chi connectivity index (χ3v) is 8.61. The van der Waals surface area contributed by atoms with Crippen molar-refractivity contribution in [3.63, 3.8) is 0 Å². The van der Waals surface area contributed by atoms with Crippen LogP contribution in [-0.2, 0) is 24.0 Å². The zero-order valence-corrected chi connectivity index (χ0v) is 20.7. The maximum Gasteiger partial charge on any atom is 0.494 e. The van der Waals surface area contributed by atoms with Gasteiger partial charge in [0.15, 0.2) is 0 Å². The molecule has 0 aromatic heterocycles. The monoisotopic (exact) mass is 448 g/mol. The Kier molecular flexibility index (Phi) is 6.91. The van der Waals surface area contributed by atoms with Gasteiger partial charge in [-0.3, -0.25) is 0 Å². The van der Waals surface area contributed by atoms with E-state index in [0.29, 0.717) is 26.4 Å². The highest BCUT2D eigenvalue weighted by molar-refractivity contribution is 6.61. The first kappa shape index (κ1) is 23.4. The van der Waals surface area contributed by atoms with Crippen LogP contribution in [0.5, 0.6) is 0 Å². The molecule has 2 aliphatic heterocycles. The summed E-state index contributed by atoms with van der Waals surface area (Å²) in [7, 11) is -0.413. The number of benzene rings is 1. The van der Waals surface area contributed by atoms with Gasteiger partial charge in [0, 0.05) is 10.8 Å². The zero-order valence-electron chi connectivity index (χ0n) is 20.7. The summed E-state index contributed by atoms with van der Waals surface area (Å²) >= 11 is 0. The second kappa shape index (κ2) is 9.73. The van der Waals surface area contributed by atoms with Gasteiger partial charge in [0.25, 0.3) is 0 Å². The minimum atomic E-state index is -0.230. The molecule has 0 saturated carbocycles. The highest BCUT2D eigenvalue weighted by Crippen LogP contribution is 2.64. The van der Waals surface area contributed by atoms with Crippen molar-refractivity contribution < 1.29 is 18.6 Å². The van der Waals surface area contributed by atoms with Gasteiger partial charge < -0.3 is 18.6 Å². The van der Waals surface area contributed by atoms with Crippen molar-refractivity contribution in [1.29, 1.82) is 0 Å². The zero-order chi connectivity index (χ0) is 22.9. The van der Waals surface area contributed by atoms with Crippen molar-refractivity contribution in [2.75, 3.05) is 26.4 Å². The summed E-state index contributed by atoms with van der Waals surface area (Å²) in [5, 5.41) is 0. The van der Waals surface area contributed by atoms with Crippen LogP contribution in [-0.4, -0.2) is 40.7 Å². The highest BCUT2D eigenvalue weighted by Gasteiger charge is 2.56. The summed E-state index contributed by atoms with van der Waals surface area (Å²) in [5.41, 5.74) is 6.83. The summed E-state index contributed by atoms with van der Waals surface area (Å²) < 4.78 is 23.5. The van der Waals surface area contributed by atoms with Gasteiger partial charge in [-0.05, 0) is 40.5 Å². The molecule has 4 aliphatic rings. The lowest BCUT2D eigenvalue weighted by molar-refractivity contribution is 0.218. The Balaban J connectivity index is 1.46. The Bertz CT molecular complexity index is 917. The van der Waals surface area contributed by atoms with Crippen LogP contribution in [0.15, 0.2) is 35.8 Å². The topological polar surface area (TPSA) is 36.9 Å². The minimum absolute atomic E-state index is 0.0220. The van der Waals surface area contributed by atoms with E-state index in [2.05, 4.69) is 51.1 Å². The molecular formula is C27H38B2O4. The van der Waals surface area contributed by atoms with E-state index < -0.39 is 0 Å². The summed E-state index contributed by atoms with van der Waals surface area (Å²) in [6.07, 6.45) is 14.7. The quantitative estimate of drug-likeness (QED) is 0.383. The number of fused-ring (bicyclic) bond motifs is 3. The van der Waals surface area contributed by atoms with E-state index in [9.17, 15) is 0 Å². The maximum absolute atomic E-state index is 5.90. The van der Waals surface area contributed by atoms with E-state index >= 15 is 0 Å². The molecule has 0 amide bonds. The second-order valence-electron chi connectivity index (χ2n) is 10.6. The summed E-state index contributed by atoms with van der Waals surface area (Å²) in [6, 6.07) is 6.90. The molecule has 2 aliphatic carbocycles. The Morgan fingerprint density at radius 3 is 2.21 bits per heavy atom. The van der Waals surface area contributed by atoms with Crippen molar-refractivity contribution in [1.82, 2.24) is 0 Å². The molecular weight excluding hydrogens is 410 g/mol. The SMILES string of the molecule is CCCCCCCCC1(C)c2cc(B3OCCO3)ccc2C2=CC=C(B3OCCO3)CC21C. The predicted octanol–water partition coefficient (Wildman–Crippen LogP) is 5.24. The number of hydrogen-bond acceptors (Lipinski definition) is 4. The number of allylic oxidation sites excluding steroid dienone is 4. The molecule has 4 nitrogen and oxygen atoms in total. The molecule has 0 N–H and O–H groups in total. The van der Waals surface area contributed by atoms with Crippen molar-refractivity contribution >= 4 is 25.3 Å². The lowest BCUT2D eigenvalue weighted by Gasteiger charge is -2.45. The Hall–Kier alpha value is -1.33. The molecule has 6 heteroatoms. The Morgan fingerprint density at radius 2 is 1.48 bits per heavy atom. The molecule has 0 radical (unpaired) electrons. The molecule has 2 saturated heterocycles. The lowest BCUT2D eigenvalue weighted by atomic mass is 9.55. The van der Waals surface area contributed by atoms with Crippen molar-refractivity contribution in [3.05, 3.63) is 47.0 Å². The van der Waals surface area contributed by atoms with E-state index in [4.69, 9.17) is 18.6 Å². The molecule has 2 fully saturated rings.